The molecule has 0 saturated carbocycles. The van der Waals surface area contributed by atoms with E-state index in [1.54, 1.807) is 17.4 Å². The highest BCUT2D eigenvalue weighted by atomic mass is 32.1. The lowest BCUT2D eigenvalue weighted by Crippen LogP contribution is -2.10. The molecule has 0 saturated heterocycles. The van der Waals surface area contributed by atoms with E-state index in [9.17, 15) is 5.11 Å². The predicted octanol–water partition coefficient (Wildman–Crippen LogP) is 2.72. The molecule has 0 fully saturated rings. The van der Waals surface area contributed by atoms with Gasteiger partial charge in [0, 0.05) is 11.9 Å². The number of hydrogen-bond donors (Lipinski definition) is 2. The number of fused-ring (bicyclic) bond motifs is 1. The van der Waals surface area contributed by atoms with E-state index in [1.807, 2.05) is 6.07 Å². The number of aromatic hydroxyl groups is 1. The van der Waals surface area contributed by atoms with Crippen molar-refractivity contribution in [2.75, 3.05) is 6.54 Å². The van der Waals surface area contributed by atoms with E-state index in [1.165, 1.54) is 5.56 Å². The molecule has 0 unspecified atom stereocenters. The molecule has 2 rings (SSSR count). The average molecular weight is 207 g/mol. The smallest absolute Gasteiger partial charge is 0.133 e. The normalized spacial score (nSPS) is 10.9. The van der Waals surface area contributed by atoms with Crippen molar-refractivity contribution in [2.24, 2.45) is 0 Å². The number of rotatable bonds is 3. The lowest BCUT2D eigenvalue weighted by molar-refractivity contribution is 0.482. The second kappa shape index (κ2) is 3.98. The van der Waals surface area contributed by atoms with Gasteiger partial charge >= 0.3 is 0 Å². The number of thiophene rings is 1. The van der Waals surface area contributed by atoms with Gasteiger partial charge in [-0.05, 0) is 23.6 Å². The van der Waals surface area contributed by atoms with Crippen LogP contribution in [0.3, 0.4) is 0 Å². The first-order valence-electron chi connectivity index (χ1n) is 4.71. The van der Waals surface area contributed by atoms with Crippen molar-refractivity contribution in [3.63, 3.8) is 0 Å². The SMILES string of the molecule is CCNCc1csc2c(O)cccc12. The van der Waals surface area contributed by atoms with Gasteiger partial charge in [-0.3, -0.25) is 0 Å². The Balaban J connectivity index is 2.42. The van der Waals surface area contributed by atoms with Crippen LogP contribution in [0.5, 0.6) is 5.75 Å². The quantitative estimate of drug-likeness (QED) is 0.811. The van der Waals surface area contributed by atoms with E-state index < -0.39 is 0 Å². The molecule has 0 aliphatic rings. The van der Waals surface area contributed by atoms with Gasteiger partial charge in [0.15, 0.2) is 0 Å². The summed E-state index contributed by atoms with van der Waals surface area (Å²) in [5.74, 6) is 0.384. The van der Waals surface area contributed by atoms with Crippen molar-refractivity contribution >= 4 is 21.4 Å². The van der Waals surface area contributed by atoms with Crippen molar-refractivity contribution in [1.82, 2.24) is 5.32 Å². The molecule has 1 aromatic heterocycles. The van der Waals surface area contributed by atoms with Crippen molar-refractivity contribution in [3.8, 4) is 5.75 Å². The van der Waals surface area contributed by atoms with Gasteiger partial charge in [-0.1, -0.05) is 19.1 Å². The van der Waals surface area contributed by atoms with E-state index in [-0.39, 0.29) is 0 Å². The fourth-order valence-electron chi connectivity index (χ4n) is 1.49. The summed E-state index contributed by atoms with van der Waals surface area (Å²) in [5, 5.41) is 16.2. The van der Waals surface area contributed by atoms with Gasteiger partial charge in [0.1, 0.15) is 5.75 Å². The maximum Gasteiger partial charge on any atom is 0.133 e. The summed E-state index contributed by atoms with van der Waals surface area (Å²) < 4.78 is 0.986. The molecule has 0 radical (unpaired) electrons. The first-order chi connectivity index (χ1) is 6.83. The number of benzene rings is 1. The van der Waals surface area contributed by atoms with Crippen LogP contribution in [0.1, 0.15) is 12.5 Å². The van der Waals surface area contributed by atoms with Crippen LogP contribution in [0.15, 0.2) is 23.6 Å². The lowest BCUT2D eigenvalue weighted by atomic mass is 10.1. The first-order valence-corrected chi connectivity index (χ1v) is 5.59. The standard InChI is InChI=1S/C11H13NOS/c1-2-12-6-8-7-14-11-9(8)4-3-5-10(11)13/h3-5,7,12-13H,2,6H2,1H3. The molecule has 74 valence electrons. The Bertz CT molecular complexity index is 436. The van der Waals surface area contributed by atoms with Gasteiger partial charge < -0.3 is 10.4 Å². The minimum absolute atomic E-state index is 0.384. The van der Waals surface area contributed by atoms with Crippen LogP contribution in [0, 0.1) is 0 Å². The Hall–Kier alpha value is -1.06. The van der Waals surface area contributed by atoms with Crippen LogP contribution >= 0.6 is 11.3 Å². The number of phenols is 1. The average Bonchev–Trinajstić information content (AvgIpc) is 2.60. The molecule has 0 amide bonds. The maximum absolute atomic E-state index is 9.60. The molecule has 0 aliphatic carbocycles. The third-order valence-electron chi connectivity index (χ3n) is 2.22. The first kappa shape index (κ1) is 9.49. The van der Waals surface area contributed by atoms with E-state index in [0.717, 1.165) is 23.2 Å². The minimum Gasteiger partial charge on any atom is -0.506 e. The number of phenolic OH excluding ortho intramolecular Hbond substituents is 1. The second-order valence-electron chi connectivity index (χ2n) is 3.20. The minimum atomic E-state index is 0.384. The van der Waals surface area contributed by atoms with Gasteiger partial charge in [-0.25, -0.2) is 0 Å². The summed E-state index contributed by atoms with van der Waals surface area (Å²) in [5.41, 5.74) is 1.27. The summed E-state index contributed by atoms with van der Waals surface area (Å²) in [6, 6.07) is 5.67. The highest BCUT2D eigenvalue weighted by Gasteiger charge is 2.05. The number of hydrogen-bond acceptors (Lipinski definition) is 3. The Labute approximate surface area is 87.2 Å². The van der Waals surface area contributed by atoms with E-state index in [2.05, 4.69) is 23.7 Å². The second-order valence-corrected chi connectivity index (χ2v) is 4.07. The predicted molar refractivity (Wildman–Crippen MR) is 60.9 cm³/mol. The van der Waals surface area contributed by atoms with Gasteiger partial charge in [0.2, 0.25) is 0 Å². The van der Waals surface area contributed by atoms with E-state index in [0.29, 0.717) is 5.75 Å². The molecular weight excluding hydrogens is 194 g/mol. The molecule has 0 atom stereocenters. The summed E-state index contributed by atoms with van der Waals surface area (Å²) >= 11 is 1.60. The molecule has 2 aromatic rings. The molecule has 3 heteroatoms. The Morgan fingerprint density at radius 2 is 2.29 bits per heavy atom. The molecule has 2 N–H and O–H groups in total. The lowest BCUT2D eigenvalue weighted by Gasteiger charge is -2.00. The Morgan fingerprint density at radius 1 is 1.43 bits per heavy atom. The summed E-state index contributed by atoms with van der Waals surface area (Å²) in [6.07, 6.45) is 0. The van der Waals surface area contributed by atoms with Crippen molar-refractivity contribution in [2.45, 2.75) is 13.5 Å². The Kier molecular flexibility index (Phi) is 2.70. The zero-order valence-electron chi connectivity index (χ0n) is 8.08. The van der Waals surface area contributed by atoms with Crippen LogP contribution in [-0.2, 0) is 6.54 Å². The van der Waals surface area contributed by atoms with Crippen LogP contribution in [0.4, 0.5) is 0 Å². The van der Waals surface area contributed by atoms with Crippen LogP contribution in [-0.4, -0.2) is 11.7 Å². The van der Waals surface area contributed by atoms with Gasteiger partial charge in [0.25, 0.3) is 0 Å². The molecule has 2 nitrogen and oxygen atoms in total. The fourth-order valence-corrected chi connectivity index (χ4v) is 2.48. The highest BCUT2D eigenvalue weighted by Crippen LogP contribution is 2.32. The molecule has 0 aliphatic heterocycles. The fraction of sp³-hybridized carbons (Fsp3) is 0.273. The topological polar surface area (TPSA) is 32.3 Å². The van der Waals surface area contributed by atoms with Crippen LogP contribution in [0.25, 0.3) is 10.1 Å². The molecular formula is C11H13NOS. The summed E-state index contributed by atoms with van der Waals surface area (Å²) in [4.78, 5) is 0. The Morgan fingerprint density at radius 3 is 3.07 bits per heavy atom. The summed E-state index contributed by atoms with van der Waals surface area (Å²) in [6.45, 7) is 3.93. The van der Waals surface area contributed by atoms with Gasteiger partial charge in [-0.2, -0.15) is 0 Å². The van der Waals surface area contributed by atoms with Crippen molar-refractivity contribution in [3.05, 3.63) is 29.1 Å². The highest BCUT2D eigenvalue weighted by molar-refractivity contribution is 7.17. The molecule has 1 heterocycles. The van der Waals surface area contributed by atoms with E-state index >= 15 is 0 Å². The van der Waals surface area contributed by atoms with Gasteiger partial charge in [0.05, 0.1) is 4.70 Å². The summed E-state index contributed by atoms with van der Waals surface area (Å²) in [7, 11) is 0. The zero-order valence-corrected chi connectivity index (χ0v) is 8.90. The van der Waals surface area contributed by atoms with Crippen molar-refractivity contribution < 1.29 is 5.11 Å². The molecule has 0 bridgehead atoms. The van der Waals surface area contributed by atoms with Crippen molar-refractivity contribution in [1.29, 1.82) is 0 Å². The molecule has 0 spiro atoms. The molecule has 1 aromatic carbocycles. The third kappa shape index (κ3) is 1.61. The largest absolute Gasteiger partial charge is 0.506 e. The number of nitrogens with one attached hydrogen (secondary N) is 1. The van der Waals surface area contributed by atoms with Gasteiger partial charge in [-0.15, -0.1) is 11.3 Å². The maximum atomic E-state index is 9.60. The van der Waals surface area contributed by atoms with Crippen LogP contribution in [0.2, 0.25) is 0 Å². The van der Waals surface area contributed by atoms with Crippen LogP contribution < -0.4 is 5.32 Å². The zero-order chi connectivity index (χ0) is 9.97. The van der Waals surface area contributed by atoms with E-state index in [4.69, 9.17) is 0 Å². The molecule has 14 heavy (non-hydrogen) atoms. The monoisotopic (exact) mass is 207 g/mol. The third-order valence-corrected chi connectivity index (χ3v) is 3.29.